The summed E-state index contributed by atoms with van der Waals surface area (Å²) < 4.78 is 0. The maximum absolute atomic E-state index is 10.3. The Hall–Kier alpha value is 0.01000. The van der Waals surface area contributed by atoms with Gasteiger partial charge in [-0.1, -0.05) is 0 Å². The number of halogens is 2. The number of aliphatic carboxylic acids is 1. The molecule has 0 rings (SSSR count). The zero-order valence-electron chi connectivity index (χ0n) is 6.80. The number of carbonyl (C=O) groups is 1. The van der Waals surface area contributed by atoms with E-state index in [9.17, 15) is 4.79 Å². The van der Waals surface area contributed by atoms with Gasteiger partial charge in [0.25, 0.3) is 0 Å². The van der Waals surface area contributed by atoms with E-state index >= 15 is 0 Å². The molecule has 12 heavy (non-hydrogen) atoms. The highest BCUT2D eigenvalue weighted by atomic mass is 35.5. The average Bonchev–Trinajstić information content (AvgIpc) is 2.00. The van der Waals surface area contributed by atoms with Crippen molar-refractivity contribution >= 4 is 29.2 Å². The first-order chi connectivity index (χ1) is 5.70. The normalized spacial score (nSPS) is 10.6. The summed E-state index contributed by atoms with van der Waals surface area (Å²) >= 11 is 11.0. The van der Waals surface area contributed by atoms with Crippen LogP contribution in [0.4, 0.5) is 0 Å². The Bertz CT molecular complexity index is 133. The van der Waals surface area contributed by atoms with Crippen LogP contribution in [0.25, 0.3) is 0 Å². The highest BCUT2D eigenvalue weighted by Gasteiger charge is 2.07. The molecule has 0 aliphatic carbocycles. The van der Waals surface area contributed by atoms with Crippen LogP contribution >= 0.6 is 23.2 Å². The number of carboxylic acids is 1. The molecule has 0 heterocycles. The van der Waals surface area contributed by atoms with Gasteiger partial charge in [0.2, 0.25) is 0 Å². The van der Waals surface area contributed by atoms with E-state index in [0.717, 1.165) is 6.42 Å². The van der Waals surface area contributed by atoms with Crippen LogP contribution in [0, 0.1) is 0 Å². The van der Waals surface area contributed by atoms with E-state index in [1.54, 1.807) is 4.90 Å². The van der Waals surface area contributed by atoms with E-state index in [2.05, 4.69) is 0 Å². The third-order valence-electron chi connectivity index (χ3n) is 1.37. The molecule has 0 saturated carbocycles. The smallest absolute Gasteiger partial charge is 0.317 e. The Labute approximate surface area is 82.3 Å². The molecule has 3 nitrogen and oxygen atoms in total. The van der Waals surface area contributed by atoms with Crippen LogP contribution in [0.5, 0.6) is 0 Å². The van der Waals surface area contributed by atoms with Crippen LogP contribution in [-0.2, 0) is 4.79 Å². The number of rotatable bonds is 7. The SMILES string of the molecule is O=C(O)CN(CCCl)CCCCl. The van der Waals surface area contributed by atoms with Gasteiger partial charge >= 0.3 is 5.97 Å². The van der Waals surface area contributed by atoms with Gasteiger partial charge in [-0.2, -0.15) is 0 Å². The van der Waals surface area contributed by atoms with Gasteiger partial charge in [-0.15, -0.1) is 23.2 Å². The summed E-state index contributed by atoms with van der Waals surface area (Å²) in [5.41, 5.74) is 0. The predicted octanol–water partition coefficient (Wildman–Crippen LogP) is 1.24. The minimum absolute atomic E-state index is 0.0452. The quantitative estimate of drug-likeness (QED) is 0.648. The minimum atomic E-state index is -0.824. The Kier molecular flexibility index (Phi) is 7.65. The Morgan fingerprint density at radius 3 is 2.33 bits per heavy atom. The standard InChI is InChI=1S/C7H13Cl2NO2/c8-2-1-4-10(5-3-9)6-7(11)12/h1-6H2,(H,11,12). The summed E-state index contributed by atoms with van der Waals surface area (Å²) in [5.74, 6) is 0.184. The van der Waals surface area contributed by atoms with Gasteiger partial charge < -0.3 is 5.11 Å². The van der Waals surface area contributed by atoms with Gasteiger partial charge in [-0.05, 0) is 13.0 Å². The molecule has 5 heteroatoms. The van der Waals surface area contributed by atoms with Crippen molar-refractivity contribution in [1.82, 2.24) is 4.90 Å². The Balaban J connectivity index is 3.61. The molecule has 0 aliphatic rings. The van der Waals surface area contributed by atoms with Gasteiger partial charge in [-0.25, -0.2) is 0 Å². The molecule has 0 unspecified atom stereocenters. The molecule has 1 N–H and O–H groups in total. The second-order valence-corrected chi connectivity index (χ2v) is 3.16. The first kappa shape index (κ1) is 12.0. The molecular weight excluding hydrogens is 201 g/mol. The first-order valence-corrected chi connectivity index (χ1v) is 4.83. The lowest BCUT2D eigenvalue weighted by Gasteiger charge is -2.17. The van der Waals surface area contributed by atoms with E-state index < -0.39 is 5.97 Å². The van der Waals surface area contributed by atoms with Crippen molar-refractivity contribution in [2.24, 2.45) is 0 Å². The summed E-state index contributed by atoms with van der Waals surface area (Å²) in [4.78, 5) is 12.1. The largest absolute Gasteiger partial charge is 0.480 e. The molecule has 0 aromatic heterocycles. The monoisotopic (exact) mass is 213 g/mol. The molecule has 72 valence electrons. The van der Waals surface area contributed by atoms with Crippen molar-refractivity contribution in [3.05, 3.63) is 0 Å². The van der Waals surface area contributed by atoms with Gasteiger partial charge in [0, 0.05) is 18.3 Å². The molecule has 0 amide bonds. The third kappa shape index (κ3) is 6.70. The number of hydrogen-bond donors (Lipinski definition) is 1. The van der Waals surface area contributed by atoms with Crippen molar-refractivity contribution in [2.75, 3.05) is 31.4 Å². The van der Waals surface area contributed by atoms with Crippen LogP contribution in [-0.4, -0.2) is 47.4 Å². The number of carboxylic acid groups (broad SMARTS) is 1. The van der Waals surface area contributed by atoms with Crippen LogP contribution in [0.15, 0.2) is 0 Å². The third-order valence-corrected chi connectivity index (χ3v) is 1.80. The predicted molar refractivity (Wildman–Crippen MR) is 50.1 cm³/mol. The molecular formula is C7H13Cl2NO2. The van der Waals surface area contributed by atoms with Crippen molar-refractivity contribution in [3.8, 4) is 0 Å². The zero-order chi connectivity index (χ0) is 9.40. The lowest BCUT2D eigenvalue weighted by atomic mass is 10.4. The summed E-state index contributed by atoms with van der Waals surface area (Å²) in [5, 5.41) is 8.49. The first-order valence-electron chi connectivity index (χ1n) is 3.76. The van der Waals surface area contributed by atoms with E-state index in [4.69, 9.17) is 28.3 Å². The summed E-state index contributed by atoms with van der Waals surface area (Å²) in [6, 6.07) is 0. The van der Waals surface area contributed by atoms with Crippen molar-refractivity contribution < 1.29 is 9.90 Å². The molecule has 0 atom stereocenters. The second-order valence-electron chi connectivity index (χ2n) is 2.40. The maximum atomic E-state index is 10.3. The molecule has 0 saturated heterocycles. The topological polar surface area (TPSA) is 40.5 Å². The fourth-order valence-electron chi connectivity index (χ4n) is 0.864. The van der Waals surface area contributed by atoms with Crippen molar-refractivity contribution in [2.45, 2.75) is 6.42 Å². The van der Waals surface area contributed by atoms with Crippen LogP contribution < -0.4 is 0 Å². The average molecular weight is 214 g/mol. The summed E-state index contributed by atoms with van der Waals surface area (Å²) in [7, 11) is 0. The van der Waals surface area contributed by atoms with Gasteiger partial charge in [0.15, 0.2) is 0 Å². The molecule has 0 aromatic carbocycles. The van der Waals surface area contributed by atoms with E-state index in [0.29, 0.717) is 24.8 Å². The fourth-order valence-corrected chi connectivity index (χ4v) is 1.22. The maximum Gasteiger partial charge on any atom is 0.317 e. The van der Waals surface area contributed by atoms with Crippen molar-refractivity contribution in [1.29, 1.82) is 0 Å². The van der Waals surface area contributed by atoms with Gasteiger partial charge in [-0.3, -0.25) is 9.69 Å². The molecule has 0 bridgehead atoms. The van der Waals surface area contributed by atoms with Crippen LogP contribution in [0.3, 0.4) is 0 Å². The summed E-state index contributed by atoms with van der Waals surface area (Å²) in [6.07, 6.45) is 0.797. The number of hydrogen-bond acceptors (Lipinski definition) is 2. The van der Waals surface area contributed by atoms with Gasteiger partial charge in [0.1, 0.15) is 0 Å². The lowest BCUT2D eigenvalue weighted by molar-refractivity contribution is -0.138. The molecule has 0 aliphatic heterocycles. The van der Waals surface area contributed by atoms with Gasteiger partial charge in [0.05, 0.1) is 6.54 Å². The highest BCUT2D eigenvalue weighted by molar-refractivity contribution is 6.18. The molecule has 0 aromatic rings. The van der Waals surface area contributed by atoms with Crippen LogP contribution in [0.2, 0.25) is 0 Å². The Morgan fingerprint density at radius 2 is 1.92 bits per heavy atom. The zero-order valence-corrected chi connectivity index (χ0v) is 8.31. The highest BCUT2D eigenvalue weighted by Crippen LogP contribution is 1.94. The lowest BCUT2D eigenvalue weighted by Crippen LogP contribution is -2.32. The number of alkyl halides is 2. The fraction of sp³-hybridized carbons (Fsp3) is 0.857. The second kappa shape index (κ2) is 7.65. The minimum Gasteiger partial charge on any atom is -0.480 e. The van der Waals surface area contributed by atoms with Crippen LogP contribution in [0.1, 0.15) is 6.42 Å². The number of nitrogens with zero attached hydrogens (tertiary/aromatic N) is 1. The summed E-state index contributed by atoms with van der Waals surface area (Å²) in [6.45, 7) is 1.34. The Morgan fingerprint density at radius 1 is 1.25 bits per heavy atom. The van der Waals surface area contributed by atoms with E-state index in [1.807, 2.05) is 0 Å². The molecule has 0 fully saturated rings. The van der Waals surface area contributed by atoms with E-state index in [1.165, 1.54) is 0 Å². The van der Waals surface area contributed by atoms with E-state index in [-0.39, 0.29) is 6.54 Å². The molecule has 0 spiro atoms. The van der Waals surface area contributed by atoms with Crippen molar-refractivity contribution in [3.63, 3.8) is 0 Å². The molecule has 0 radical (unpaired) electrons.